The van der Waals surface area contributed by atoms with E-state index in [1.807, 2.05) is 6.92 Å². The third kappa shape index (κ3) is 5.89. The molecule has 0 rings (SSSR count). The molecule has 0 unspecified atom stereocenters. The first-order chi connectivity index (χ1) is 7.92. The monoisotopic (exact) mass is 243 g/mol. The van der Waals surface area contributed by atoms with E-state index in [1.165, 1.54) is 23.8 Å². The van der Waals surface area contributed by atoms with Gasteiger partial charge < -0.3 is 15.1 Å². The molecule has 0 aliphatic rings. The fourth-order valence-corrected chi connectivity index (χ4v) is 1.23. The van der Waals surface area contributed by atoms with E-state index in [4.69, 9.17) is 0 Å². The van der Waals surface area contributed by atoms with Crippen molar-refractivity contribution in [1.29, 1.82) is 0 Å². The number of nitrogens with one attached hydrogen (secondary N) is 1. The van der Waals surface area contributed by atoms with Crippen LogP contribution in [0, 0.1) is 0 Å². The van der Waals surface area contributed by atoms with Crippen LogP contribution in [0.5, 0.6) is 0 Å². The lowest BCUT2D eigenvalue weighted by molar-refractivity contribution is -0.140. The van der Waals surface area contributed by atoms with Crippen molar-refractivity contribution >= 4 is 17.7 Å². The van der Waals surface area contributed by atoms with Crippen molar-refractivity contribution in [3.63, 3.8) is 0 Å². The molecule has 0 atom stereocenters. The van der Waals surface area contributed by atoms with Crippen LogP contribution in [-0.2, 0) is 14.4 Å². The Bertz CT molecular complexity index is 292. The lowest BCUT2D eigenvalue weighted by atomic mass is 10.3. The predicted molar refractivity (Wildman–Crippen MR) is 64.2 cm³/mol. The normalized spacial score (nSPS) is 9.65. The Morgan fingerprint density at radius 1 is 1.18 bits per heavy atom. The van der Waals surface area contributed by atoms with Crippen molar-refractivity contribution in [2.75, 3.05) is 33.7 Å². The maximum Gasteiger partial charge on any atom is 0.242 e. The molecular formula is C11H21N3O3. The Hall–Kier alpha value is -1.59. The third-order valence-electron chi connectivity index (χ3n) is 2.37. The number of hydrogen-bond acceptors (Lipinski definition) is 3. The Morgan fingerprint density at radius 3 is 2.18 bits per heavy atom. The highest BCUT2D eigenvalue weighted by molar-refractivity contribution is 5.87. The van der Waals surface area contributed by atoms with E-state index in [0.29, 0.717) is 6.54 Å². The zero-order valence-electron chi connectivity index (χ0n) is 10.9. The number of carbonyl (C=O) groups excluding carboxylic acids is 3. The molecule has 0 radical (unpaired) electrons. The van der Waals surface area contributed by atoms with E-state index in [-0.39, 0.29) is 30.8 Å². The van der Waals surface area contributed by atoms with Crippen molar-refractivity contribution in [2.45, 2.75) is 20.3 Å². The Kier molecular flexibility index (Phi) is 6.93. The van der Waals surface area contributed by atoms with Crippen molar-refractivity contribution in [3.8, 4) is 0 Å². The first kappa shape index (κ1) is 15.4. The van der Waals surface area contributed by atoms with Gasteiger partial charge in [0.25, 0.3) is 0 Å². The largest absolute Gasteiger partial charge is 0.358 e. The summed E-state index contributed by atoms with van der Waals surface area (Å²) in [7, 11) is 3.09. The van der Waals surface area contributed by atoms with Gasteiger partial charge in [0.15, 0.2) is 0 Å². The first-order valence-corrected chi connectivity index (χ1v) is 5.62. The number of amides is 3. The molecule has 17 heavy (non-hydrogen) atoms. The lowest BCUT2D eigenvalue weighted by Crippen LogP contribution is -2.45. The minimum Gasteiger partial charge on any atom is -0.358 e. The Balaban J connectivity index is 4.43. The molecule has 0 spiro atoms. The topological polar surface area (TPSA) is 69.7 Å². The minimum atomic E-state index is -0.215. The first-order valence-electron chi connectivity index (χ1n) is 5.62. The molecule has 0 aromatic carbocycles. The van der Waals surface area contributed by atoms with Gasteiger partial charge in [-0.1, -0.05) is 6.92 Å². The van der Waals surface area contributed by atoms with Crippen LogP contribution < -0.4 is 5.32 Å². The maximum absolute atomic E-state index is 11.9. The van der Waals surface area contributed by atoms with Crippen molar-refractivity contribution in [3.05, 3.63) is 0 Å². The SMILES string of the molecule is CCCN(CC(=O)NC)C(=O)CN(C)C(C)=O. The van der Waals surface area contributed by atoms with Gasteiger partial charge in [-0.05, 0) is 6.42 Å². The second-order valence-corrected chi connectivity index (χ2v) is 3.86. The van der Waals surface area contributed by atoms with Gasteiger partial charge in [0.2, 0.25) is 17.7 Å². The number of rotatable bonds is 6. The summed E-state index contributed by atoms with van der Waals surface area (Å²) in [6, 6.07) is 0. The van der Waals surface area contributed by atoms with Crippen LogP contribution in [0.25, 0.3) is 0 Å². The fraction of sp³-hybridized carbons (Fsp3) is 0.727. The van der Waals surface area contributed by atoms with Crippen LogP contribution in [0.1, 0.15) is 20.3 Å². The molecule has 0 aromatic rings. The molecular weight excluding hydrogens is 222 g/mol. The molecule has 1 N–H and O–H groups in total. The van der Waals surface area contributed by atoms with Crippen LogP contribution in [-0.4, -0.2) is 61.3 Å². The van der Waals surface area contributed by atoms with E-state index in [1.54, 1.807) is 7.05 Å². The zero-order chi connectivity index (χ0) is 13.4. The predicted octanol–water partition coefficient (Wildman–Crippen LogP) is -0.551. The number of hydrogen-bond donors (Lipinski definition) is 1. The quantitative estimate of drug-likeness (QED) is 0.680. The molecule has 0 aromatic heterocycles. The standard InChI is InChI=1S/C11H21N3O3/c1-5-6-14(7-10(16)12-3)11(17)8-13(4)9(2)15/h5-8H2,1-4H3,(H,12,16). The number of nitrogens with zero attached hydrogens (tertiary/aromatic N) is 2. The highest BCUT2D eigenvalue weighted by Gasteiger charge is 2.18. The average molecular weight is 243 g/mol. The number of likely N-dealkylation sites (N-methyl/N-ethyl adjacent to an activating group) is 2. The Morgan fingerprint density at radius 2 is 1.76 bits per heavy atom. The molecule has 0 fully saturated rings. The molecule has 0 aliphatic heterocycles. The molecule has 6 heteroatoms. The Labute approximate surface area is 102 Å². The van der Waals surface area contributed by atoms with Gasteiger partial charge in [0.05, 0.1) is 13.1 Å². The van der Waals surface area contributed by atoms with Gasteiger partial charge in [-0.2, -0.15) is 0 Å². The number of carbonyl (C=O) groups is 3. The summed E-state index contributed by atoms with van der Waals surface area (Å²) in [5, 5.41) is 2.47. The zero-order valence-corrected chi connectivity index (χ0v) is 10.9. The molecule has 98 valence electrons. The summed E-state index contributed by atoms with van der Waals surface area (Å²) in [5.41, 5.74) is 0. The maximum atomic E-state index is 11.9. The van der Waals surface area contributed by atoms with Gasteiger partial charge in [0, 0.05) is 27.6 Å². The van der Waals surface area contributed by atoms with Crippen LogP contribution in [0.15, 0.2) is 0 Å². The summed E-state index contributed by atoms with van der Waals surface area (Å²) in [5.74, 6) is -0.597. The van der Waals surface area contributed by atoms with Gasteiger partial charge in [-0.15, -0.1) is 0 Å². The van der Waals surface area contributed by atoms with Crippen molar-refractivity contribution < 1.29 is 14.4 Å². The van der Waals surface area contributed by atoms with Crippen molar-refractivity contribution in [1.82, 2.24) is 15.1 Å². The molecule has 0 bridgehead atoms. The van der Waals surface area contributed by atoms with Crippen molar-refractivity contribution in [2.24, 2.45) is 0 Å². The van der Waals surface area contributed by atoms with Gasteiger partial charge in [-0.3, -0.25) is 14.4 Å². The van der Waals surface area contributed by atoms with E-state index in [2.05, 4.69) is 5.32 Å². The molecule has 3 amide bonds. The molecule has 0 saturated heterocycles. The molecule has 0 aliphatic carbocycles. The average Bonchev–Trinajstić information content (AvgIpc) is 2.27. The van der Waals surface area contributed by atoms with E-state index in [9.17, 15) is 14.4 Å². The third-order valence-corrected chi connectivity index (χ3v) is 2.37. The summed E-state index contributed by atoms with van der Waals surface area (Å²) in [6.45, 7) is 3.88. The van der Waals surface area contributed by atoms with E-state index >= 15 is 0 Å². The summed E-state index contributed by atoms with van der Waals surface area (Å²) < 4.78 is 0. The summed E-state index contributed by atoms with van der Waals surface area (Å²) >= 11 is 0. The highest BCUT2D eigenvalue weighted by Crippen LogP contribution is 1.95. The van der Waals surface area contributed by atoms with E-state index in [0.717, 1.165) is 6.42 Å². The van der Waals surface area contributed by atoms with Crippen LogP contribution in [0.3, 0.4) is 0 Å². The lowest BCUT2D eigenvalue weighted by Gasteiger charge is -2.24. The second kappa shape index (κ2) is 7.65. The van der Waals surface area contributed by atoms with Crippen LogP contribution >= 0.6 is 0 Å². The second-order valence-electron chi connectivity index (χ2n) is 3.86. The van der Waals surface area contributed by atoms with Gasteiger partial charge in [0.1, 0.15) is 0 Å². The molecule has 0 heterocycles. The summed E-state index contributed by atoms with van der Waals surface area (Å²) in [6.07, 6.45) is 0.770. The molecule has 0 saturated carbocycles. The van der Waals surface area contributed by atoms with Crippen LogP contribution in [0.4, 0.5) is 0 Å². The molecule has 6 nitrogen and oxygen atoms in total. The van der Waals surface area contributed by atoms with Gasteiger partial charge >= 0.3 is 0 Å². The minimum absolute atomic E-state index is 0.00628. The smallest absolute Gasteiger partial charge is 0.242 e. The summed E-state index contributed by atoms with van der Waals surface area (Å²) in [4.78, 5) is 36.9. The fourth-order valence-electron chi connectivity index (χ4n) is 1.23. The van der Waals surface area contributed by atoms with Gasteiger partial charge in [-0.25, -0.2) is 0 Å². The van der Waals surface area contributed by atoms with E-state index < -0.39 is 0 Å². The van der Waals surface area contributed by atoms with Crippen LogP contribution in [0.2, 0.25) is 0 Å². The highest BCUT2D eigenvalue weighted by atomic mass is 16.2.